The molecule has 72 valence electrons. The molecule has 0 rings (SSSR count). The van der Waals surface area contributed by atoms with Crippen LogP contribution in [0.5, 0.6) is 0 Å². The summed E-state index contributed by atoms with van der Waals surface area (Å²) in [5.74, 6) is 0. The number of rotatable bonds is 4. The van der Waals surface area contributed by atoms with Gasteiger partial charge in [0.05, 0.1) is 13.8 Å². The van der Waals surface area contributed by atoms with Gasteiger partial charge < -0.3 is 10.2 Å². The molecule has 0 aliphatic heterocycles. The van der Waals surface area contributed by atoms with Crippen molar-refractivity contribution >= 4 is 22.1 Å². The fourth-order valence-corrected chi connectivity index (χ4v) is 4.12. The van der Waals surface area contributed by atoms with Crippen LogP contribution in [-0.4, -0.2) is 28.6 Å². The van der Waals surface area contributed by atoms with Crippen molar-refractivity contribution in [3.05, 3.63) is 0 Å². The number of hydrogen-bond donors (Lipinski definition) is 1. The summed E-state index contributed by atoms with van der Waals surface area (Å²) in [6, 6.07) is 0. The molecule has 0 bridgehead atoms. The summed E-state index contributed by atoms with van der Waals surface area (Å²) in [6.07, 6.45) is 0.950. The standard InChI is InChI=1S/C8H21NOSi2/c1-11(2)8(6-7-9)10-12(3,4)5/h6-7,9H2,1-5H3. The van der Waals surface area contributed by atoms with Crippen molar-refractivity contribution in [2.45, 2.75) is 39.2 Å². The third-order valence-electron chi connectivity index (χ3n) is 1.36. The highest BCUT2D eigenvalue weighted by molar-refractivity contribution is 6.76. The van der Waals surface area contributed by atoms with Crippen molar-refractivity contribution in [2.24, 2.45) is 5.73 Å². The molecule has 0 aromatic carbocycles. The summed E-state index contributed by atoms with van der Waals surface area (Å²) < 4.78 is 5.96. The number of hydrogen-bond acceptors (Lipinski definition) is 2. The molecule has 2 N–H and O–H groups in total. The molecule has 0 aliphatic rings. The van der Waals surface area contributed by atoms with Crippen LogP contribution in [0.15, 0.2) is 0 Å². The van der Waals surface area contributed by atoms with E-state index in [1.54, 1.807) is 0 Å². The molecule has 0 atom stereocenters. The summed E-state index contributed by atoms with van der Waals surface area (Å²) in [5.41, 5.74) is 5.52. The van der Waals surface area contributed by atoms with Gasteiger partial charge in [-0.15, -0.1) is 0 Å². The van der Waals surface area contributed by atoms with Crippen LogP contribution < -0.4 is 5.73 Å². The highest BCUT2D eigenvalue weighted by Gasteiger charge is 2.17. The van der Waals surface area contributed by atoms with Gasteiger partial charge in [0.15, 0.2) is 0 Å². The van der Waals surface area contributed by atoms with Crippen molar-refractivity contribution in [2.75, 3.05) is 6.54 Å². The van der Waals surface area contributed by atoms with Gasteiger partial charge in [-0.05, 0) is 26.2 Å². The van der Waals surface area contributed by atoms with Crippen LogP contribution in [0.25, 0.3) is 0 Å². The fourth-order valence-electron chi connectivity index (χ4n) is 0.904. The highest BCUT2D eigenvalue weighted by atomic mass is 28.4. The maximum atomic E-state index is 5.96. The van der Waals surface area contributed by atoms with Gasteiger partial charge in [0.1, 0.15) is 0 Å². The van der Waals surface area contributed by atoms with E-state index in [2.05, 4.69) is 32.7 Å². The van der Waals surface area contributed by atoms with Crippen LogP contribution >= 0.6 is 0 Å². The van der Waals surface area contributed by atoms with Gasteiger partial charge in [-0.3, -0.25) is 0 Å². The van der Waals surface area contributed by atoms with Crippen molar-refractivity contribution in [3.63, 3.8) is 0 Å². The lowest BCUT2D eigenvalue weighted by Crippen LogP contribution is -2.33. The predicted octanol–water partition coefficient (Wildman–Crippen LogP) is 1.65. The van der Waals surface area contributed by atoms with Gasteiger partial charge in [-0.2, -0.15) is 0 Å². The van der Waals surface area contributed by atoms with Gasteiger partial charge in [0, 0.05) is 6.42 Å². The Hall–Kier alpha value is 0.0638. The summed E-state index contributed by atoms with van der Waals surface area (Å²) in [7, 11) is -1.81. The lowest BCUT2D eigenvalue weighted by molar-refractivity contribution is 0.546. The first kappa shape index (κ1) is 12.1. The molecule has 0 aliphatic carbocycles. The molecule has 0 aromatic heterocycles. The van der Waals surface area contributed by atoms with Crippen LogP contribution in [0.1, 0.15) is 6.42 Å². The van der Waals surface area contributed by atoms with Crippen LogP contribution in [0.4, 0.5) is 0 Å². The molecule has 0 saturated carbocycles. The first-order chi connectivity index (χ1) is 5.37. The maximum absolute atomic E-state index is 5.96. The average molecular weight is 203 g/mol. The Balaban J connectivity index is 4.26. The van der Waals surface area contributed by atoms with Crippen LogP contribution in [0, 0.1) is 0 Å². The number of nitrogens with two attached hydrogens (primary N) is 1. The Morgan fingerprint density at radius 1 is 1.33 bits per heavy atom. The van der Waals surface area contributed by atoms with Crippen LogP contribution in [0.3, 0.4) is 0 Å². The summed E-state index contributed by atoms with van der Waals surface area (Å²) in [4.78, 5) is 0. The Morgan fingerprint density at radius 3 is 2.08 bits per heavy atom. The molecule has 0 heterocycles. The molecule has 12 heavy (non-hydrogen) atoms. The molecule has 4 heteroatoms. The smallest absolute Gasteiger partial charge is 0.241 e. The second kappa shape index (κ2) is 4.94. The third-order valence-corrected chi connectivity index (χ3v) is 3.89. The zero-order chi connectivity index (χ0) is 9.78. The second-order valence-electron chi connectivity index (χ2n) is 4.18. The first-order valence-electron chi connectivity index (χ1n) is 4.42. The summed E-state index contributed by atoms with van der Waals surface area (Å²) in [5, 5.41) is 1.28. The minimum absolute atomic E-state index is 0.419. The van der Waals surface area contributed by atoms with E-state index in [9.17, 15) is 0 Å². The lowest BCUT2D eigenvalue weighted by Gasteiger charge is -2.23. The molecule has 2 nitrogen and oxygen atoms in total. The molecule has 0 fully saturated rings. The Kier molecular flexibility index (Phi) is 4.96. The lowest BCUT2D eigenvalue weighted by atomic mass is 10.5. The first-order valence-corrected chi connectivity index (χ1v) is 10.3. The van der Waals surface area contributed by atoms with Gasteiger partial charge in [-0.25, -0.2) is 0 Å². The summed E-state index contributed by atoms with van der Waals surface area (Å²) in [6.45, 7) is 11.9. The van der Waals surface area contributed by atoms with Crippen molar-refractivity contribution in [3.8, 4) is 0 Å². The van der Waals surface area contributed by atoms with E-state index in [1.807, 2.05) is 0 Å². The van der Waals surface area contributed by atoms with E-state index in [0.29, 0.717) is 0 Å². The normalized spacial score (nSPS) is 11.2. The van der Waals surface area contributed by atoms with E-state index in [0.717, 1.165) is 13.0 Å². The van der Waals surface area contributed by atoms with Crippen molar-refractivity contribution < 1.29 is 4.43 Å². The fraction of sp³-hybridized carbons (Fsp3) is 0.875. The van der Waals surface area contributed by atoms with E-state index < -0.39 is 16.7 Å². The molecule has 0 radical (unpaired) electrons. The molecule has 0 unspecified atom stereocenters. The molecule has 0 amide bonds. The van der Waals surface area contributed by atoms with Gasteiger partial charge in [0.25, 0.3) is 0 Å². The monoisotopic (exact) mass is 203 g/mol. The predicted molar refractivity (Wildman–Crippen MR) is 60.6 cm³/mol. The topological polar surface area (TPSA) is 35.2 Å². The van der Waals surface area contributed by atoms with Crippen molar-refractivity contribution in [1.29, 1.82) is 0 Å². The van der Waals surface area contributed by atoms with Gasteiger partial charge in [0.2, 0.25) is 8.32 Å². The van der Waals surface area contributed by atoms with E-state index in [-0.39, 0.29) is 0 Å². The Labute approximate surface area is 78.5 Å². The Morgan fingerprint density at radius 2 is 1.83 bits per heavy atom. The Bertz CT molecular complexity index is 168. The van der Waals surface area contributed by atoms with Crippen LogP contribution in [0.2, 0.25) is 32.7 Å². The zero-order valence-electron chi connectivity index (χ0n) is 8.90. The average Bonchev–Trinajstić information content (AvgIpc) is 1.83. The second-order valence-corrected chi connectivity index (χ2v) is 11.2. The van der Waals surface area contributed by atoms with Gasteiger partial charge in [-0.1, -0.05) is 13.1 Å². The molecular weight excluding hydrogens is 182 g/mol. The van der Waals surface area contributed by atoms with Crippen LogP contribution in [-0.2, 0) is 4.43 Å². The largest absolute Gasteiger partial charge is 0.552 e. The van der Waals surface area contributed by atoms with E-state index in [1.165, 1.54) is 5.35 Å². The van der Waals surface area contributed by atoms with E-state index >= 15 is 0 Å². The molecule has 0 spiro atoms. The minimum Gasteiger partial charge on any atom is -0.552 e. The zero-order valence-corrected chi connectivity index (χ0v) is 10.9. The molecule has 0 aromatic rings. The minimum atomic E-state index is -1.39. The van der Waals surface area contributed by atoms with E-state index in [4.69, 9.17) is 10.2 Å². The van der Waals surface area contributed by atoms with Crippen molar-refractivity contribution in [1.82, 2.24) is 0 Å². The maximum Gasteiger partial charge on any atom is 0.241 e. The molecule has 0 saturated heterocycles. The highest BCUT2D eigenvalue weighted by Crippen LogP contribution is 2.05. The summed E-state index contributed by atoms with van der Waals surface area (Å²) >= 11 is 0. The quantitative estimate of drug-likeness (QED) is 0.705. The SMILES string of the molecule is C[Si](C)=C(CCN)O[Si](C)(C)C. The molecular formula is C8H21NOSi2. The van der Waals surface area contributed by atoms with Gasteiger partial charge >= 0.3 is 0 Å². The third kappa shape index (κ3) is 5.68.